The van der Waals surface area contributed by atoms with Crippen molar-refractivity contribution in [3.63, 3.8) is 0 Å². The predicted molar refractivity (Wildman–Crippen MR) is 80.9 cm³/mol. The highest BCUT2D eigenvalue weighted by Crippen LogP contribution is 2.15. The number of amides is 2. The van der Waals surface area contributed by atoms with Crippen molar-refractivity contribution in [3.8, 4) is 0 Å². The summed E-state index contributed by atoms with van der Waals surface area (Å²) in [5, 5.41) is 13.9. The Kier molecular flexibility index (Phi) is 5.29. The normalized spacial score (nSPS) is 10.2. The molecule has 2 rings (SSSR count). The molecule has 2 aromatic carbocycles. The van der Waals surface area contributed by atoms with Gasteiger partial charge in [-0.3, -0.25) is 0 Å². The van der Waals surface area contributed by atoms with E-state index in [0.717, 1.165) is 12.0 Å². The minimum Gasteiger partial charge on any atom is -0.396 e. The molecule has 0 aliphatic heterocycles. The summed E-state index contributed by atoms with van der Waals surface area (Å²) in [6, 6.07) is 12.8. The van der Waals surface area contributed by atoms with E-state index in [2.05, 4.69) is 10.6 Å². The number of hydrogen-bond donors (Lipinski definition) is 3. The third-order valence-corrected chi connectivity index (χ3v) is 2.93. The fourth-order valence-electron chi connectivity index (χ4n) is 1.94. The molecule has 0 aliphatic rings. The SMILES string of the molecule is O=C(Nc1cccc(CCCO)c1)Nc1ccccc1F. The smallest absolute Gasteiger partial charge is 0.323 e. The predicted octanol–water partition coefficient (Wildman–Crippen LogP) is 3.39. The standard InChI is InChI=1S/C16H17FN2O2/c17-14-8-1-2-9-15(14)19-16(21)18-13-7-3-5-12(11-13)6-4-10-20/h1-3,5,7-9,11,20H,4,6,10H2,(H2,18,19,21). The maximum atomic E-state index is 13.4. The average molecular weight is 288 g/mol. The van der Waals surface area contributed by atoms with Crippen molar-refractivity contribution < 1.29 is 14.3 Å². The van der Waals surface area contributed by atoms with Gasteiger partial charge in [0, 0.05) is 12.3 Å². The molecule has 4 nitrogen and oxygen atoms in total. The van der Waals surface area contributed by atoms with E-state index >= 15 is 0 Å². The van der Waals surface area contributed by atoms with E-state index in [0.29, 0.717) is 12.1 Å². The second-order valence-electron chi connectivity index (χ2n) is 4.59. The molecule has 0 atom stereocenters. The molecule has 0 saturated heterocycles. The van der Waals surface area contributed by atoms with Gasteiger partial charge < -0.3 is 15.7 Å². The van der Waals surface area contributed by atoms with Gasteiger partial charge in [-0.1, -0.05) is 24.3 Å². The molecule has 110 valence electrons. The maximum absolute atomic E-state index is 13.4. The Bertz CT molecular complexity index is 617. The first-order chi connectivity index (χ1) is 10.2. The van der Waals surface area contributed by atoms with Gasteiger partial charge in [0.1, 0.15) is 5.82 Å². The minimum absolute atomic E-state index is 0.130. The van der Waals surface area contributed by atoms with Crippen LogP contribution in [0.15, 0.2) is 48.5 Å². The lowest BCUT2D eigenvalue weighted by atomic mass is 10.1. The Labute approximate surface area is 122 Å². The van der Waals surface area contributed by atoms with Crippen LogP contribution in [0, 0.1) is 5.82 Å². The highest BCUT2D eigenvalue weighted by molar-refractivity contribution is 5.99. The molecule has 0 fully saturated rings. The summed E-state index contributed by atoms with van der Waals surface area (Å²) in [4.78, 5) is 11.8. The van der Waals surface area contributed by atoms with Crippen LogP contribution in [0.1, 0.15) is 12.0 Å². The first-order valence-electron chi connectivity index (χ1n) is 6.71. The van der Waals surface area contributed by atoms with Crippen LogP contribution < -0.4 is 10.6 Å². The van der Waals surface area contributed by atoms with Crippen LogP contribution in [-0.2, 0) is 6.42 Å². The molecule has 2 aromatic rings. The van der Waals surface area contributed by atoms with Gasteiger partial charge in [0.15, 0.2) is 0 Å². The summed E-state index contributed by atoms with van der Waals surface area (Å²) in [7, 11) is 0. The lowest BCUT2D eigenvalue weighted by Gasteiger charge is -2.09. The molecule has 0 saturated carbocycles. The number of aliphatic hydroxyl groups is 1. The molecular formula is C16H17FN2O2. The Morgan fingerprint density at radius 2 is 1.90 bits per heavy atom. The maximum Gasteiger partial charge on any atom is 0.323 e. The van der Waals surface area contributed by atoms with Crippen LogP contribution in [-0.4, -0.2) is 17.7 Å². The van der Waals surface area contributed by atoms with Crippen LogP contribution >= 0.6 is 0 Å². The number of urea groups is 1. The Morgan fingerprint density at radius 1 is 1.10 bits per heavy atom. The van der Waals surface area contributed by atoms with Crippen molar-refractivity contribution in [2.24, 2.45) is 0 Å². The zero-order valence-corrected chi connectivity index (χ0v) is 11.5. The van der Waals surface area contributed by atoms with E-state index in [4.69, 9.17) is 5.11 Å². The summed E-state index contributed by atoms with van der Waals surface area (Å²) in [6.07, 6.45) is 1.41. The number of hydrogen-bond acceptors (Lipinski definition) is 2. The molecule has 2 amide bonds. The number of carbonyl (C=O) groups is 1. The van der Waals surface area contributed by atoms with E-state index in [1.165, 1.54) is 12.1 Å². The van der Waals surface area contributed by atoms with E-state index < -0.39 is 11.8 Å². The summed E-state index contributed by atoms with van der Waals surface area (Å²) >= 11 is 0. The molecular weight excluding hydrogens is 271 g/mol. The molecule has 0 radical (unpaired) electrons. The van der Waals surface area contributed by atoms with E-state index in [9.17, 15) is 9.18 Å². The van der Waals surface area contributed by atoms with Crippen molar-refractivity contribution in [2.45, 2.75) is 12.8 Å². The summed E-state index contributed by atoms with van der Waals surface area (Å²) in [5.41, 5.74) is 1.78. The van der Waals surface area contributed by atoms with Gasteiger partial charge in [-0.15, -0.1) is 0 Å². The third kappa shape index (κ3) is 4.57. The van der Waals surface area contributed by atoms with E-state index in [1.54, 1.807) is 18.2 Å². The Balaban J connectivity index is 1.98. The molecule has 0 spiro atoms. The van der Waals surface area contributed by atoms with Crippen molar-refractivity contribution in [2.75, 3.05) is 17.2 Å². The number of para-hydroxylation sites is 1. The number of aryl methyl sites for hydroxylation is 1. The first-order valence-corrected chi connectivity index (χ1v) is 6.71. The zero-order chi connectivity index (χ0) is 15.1. The van der Waals surface area contributed by atoms with Gasteiger partial charge in [-0.05, 0) is 42.7 Å². The number of benzene rings is 2. The molecule has 3 N–H and O–H groups in total. The number of rotatable bonds is 5. The van der Waals surface area contributed by atoms with Gasteiger partial charge in [-0.2, -0.15) is 0 Å². The highest BCUT2D eigenvalue weighted by atomic mass is 19.1. The lowest BCUT2D eigenvalue weighted by molar-refractivity contribution is 0.262. The number of nitrogens with one attached hydrogen (secondary N) is 2. The first kappa shape index (κ1) is 15.0. The average Bonchev–Trinajstić information content (AvgIpc) is 2.48. The van der Waals surface area contributed by atoms with Gasteiger partial charge in [0.05, 0.1) is 5.69 Å². The van der Waals surface area contributed by atoms with Gasteiger partial charge >= 0.3 is 6.03 Å². The number of halogens is 1. The number of aliphatic hydroxyl groups excluding tert-OH is 1. The lowest BCUT2D eigenvalue weighted by Crippen LogP contribution is -2.20. The Hall–Kier alpha value is -2.40. The molecule has 0 heterocycles. The molecule has 0 unspecified atom stereocenters. The van der Waals surface area contributed by atoms with Crippen molar-refractivity contribution in [1.82, 2.24) is 0 Å². The van der Waals surface area contributed by atoms with E-state index in [1.807, 2.05) is 18.2 Å². The highest BCUT2D eigenvalue weighted by Gasteiger charge is 2.06. The van der Waals surface area contributed by atoms with Crippen molar-refractivity contribution in [1.29, 1.82) is 0 Å². The second-order valence-corrected chi connectivity index (χ2v) is 4.59. The topological polar surface area (TPSA) is 61.4 Å². The van der Waals surface area contributed by atoms with Crippen molar-refractivity contribution >= 4 is 17.4 Å². The Morgan fingerprint density at radius 3 is 2.67 bits per heavy atom. The molecule has 5 heteroatoms. The van der Waals surface area contributed by atoms with Gasteiger partial charge in [-0.25, -0.2) is 9.18 Å². The summed E-state index contributed by atoms with van der Waals surface area (Å²) < 4.78 is 13.4. The monoisotopic (exact) mass is 288 g/mol. The number of anilines is 2. The summed E-state index contributed by atoms with van der Waals surface area (Å²) in [5.74, 6) is -0.482. The van der Waals surface area contributed by atoms with Crippen LogP contribution in [0.4, 0.5) is 20.6 Å². The number of carbonyl (C=O) groups excluding carboxylic acids is 1. The third-order valence-electron chi connectivity index (χ3n) is 2.93. The van der Waals surface area contributed by atoms with Crippen LogP contribution in [0.3, 0.4) is 0 Å². The second kappa shape index (κ2) is 7.40. The fourth-order valence-corrected chi connectivity index (χ4v) is 1.94. The van der Waals surface area contributed by atoms with Crippen LogP contribution in [0.2, 0.25) is 0 Å². The van der Waals surface area contributed by atoms with Crippen LogP contribution in [0.5, 0.6) is 0 Å². The fraction of sp³-hybridized carbons (Fsp3) is 0.188. The largest absolute Gasteiger partial charge is 0.396 e. The quantitative estimate of drug-likeness (QED) is 0.789. The minimum atomic E-state index is -0.501. The summed E-state index contributed by atoms with van der Waals surface area (Å²) in [6.45, 7) is 0.130. The molecule has 0 aliphatic carbocycles. The molecule has 21 heavy (non-hydrogen) atoms. The van der Waals surface area contributed by atoms with E-state index in [-0.39, 0.29) is 12.3 Å². The van der Waals surface area contributed by atoms with Gasteiger partial charge in [0.25, 0.3) is 0 Å². The zero-order valence-electron chi connectivity index (χ0n) is 11.5. The van der Waals surface area contributed by atoms with Crippen molar-refractivity contribution in [3.05, 3.63) is 59.9 Å². The molecule has 0 bridgehead atoms. The molecule has 0 aromatic heterocycles. The van der Waals surface area contributed by atoms with Gasteiger partial charge in [0.2, 0.25) is 0 Å². The van der Waals surface area contributed by atoms with Crippen LogP contribution in [0.25, 0.3) is 0 Å².